The van der Waals surface area contributed by atoms with Crippen LogP contribution in [0.25, 0.3) is 0 Å². The van der Waals surface area contributed by atoms with Crippen molar-refractivity contribution >= 4 is 17.5 Å². The van der Waals surface area contributed by atoms with Crippen LogP contribution in [-0.2, 0) is 11.3 Å². The van der Waals surface area contributed by atoms with Crippen LogP contribution in [0.4, 0.5) is 16.2 Å². The number of carbonyl (C=O) groups excluding carboxylic acids is 1. The number of nitrogens with zero attached hydrogens (tertiary/aromatic N) is 1. The molecule has 0 aliphatic heterocycles. The van der Waals surface area contributed by atoms with Gasteiger partial charge in [-0.3, -0.25) is 15.4 Å². The summed E-state index contributed by atoms with van der Waals surface area (Å²) in [6, 6.07) is 12.3. The molecule has 0 unspecified atom stereocenters. The van der Waals surface area contributed by atoms with E-state index in [-0.39, 0.29) is 12.3 Å². The number of hydrogen-bond donors (Lipinski definition) is 1. The van der Waals surface area contributed by atoms with Gasteiger partial charge in [-0.1, -0.05) is 36.4 Å². The summed E-state index contributed by atoms with van der Waals surface area (Å²) in [6.07, 6.45) is -0.643. The number of nitrogens with one attached hydrogen (secondary N) is 1. The minimum atomic E-state index is -0.643. The van der Waals surface area contributed by atoms with Gasteiger partial charge < -0.3 is 4.74 Å². The lowest BCUT2D eigenvalue weighted by Crippen LogP contribution is -2.15. The maximum absolute atomic E-state index is 11.9. The summed E-state index contributed by atoms with van der Waals surface area (Å²) in [5, 5.41) is 13.5. The molecule has 22 heavy (non-hydrogen) atoms. The standard InChI is InChI=1S/C16H16N2O4/c1-11-8-9-14(18(20)21)12(2)15(11)17-16(19)22-10-13-6-4-3-5-7-13/h3-9H,10H2,1-2H3,(H,17,19). The Morgan fingerprint density at radius 3 is 2.50 bits per heavy atom. The lowest BCUT2D eigenvalue weighted by Gasteiger charge is -2.12. The zero-order valence-electron chi connectivity index (χ0n) is 12.3. The molecule has 0 heterocycles. The van der Waals surface area contributed by atoms with Crippen molar-refractivity contribution in [1.82, 2.24) is 0 Å². The van der Waals surface area contributed by atoms with Crippen LogP contribution in [0.15, 0.2) is 42.5 Å². The molecule has 2 rings (SSSR count). The Bertz CT molecular complexity index is 699. The number of amides is 1. The van der Waals surface area contributed by atoms with E-state index in [0.29, 0.717) is 11.3 Å². The van der Waals surface area contributed by atoms with Crippen molar-refractivity contribution in [2.45, 2.75) is 20.5 Å². The van der Waals surface area contributed by atoms with Crippen LogP contribution in [-0.4, -0.2) is 11.0 Å². The van der Waals surface area contributed by atoms with Crippen molar-refractivity contribution < 1.29 is 14.5 Å². The summed E-state index contributed by atoms with van der Waals surface area (Å²) < 4.78 is 5.12. The molecule has 0 aromatic heterocycles. The van der Waals surface area contributed by atoms with Crippen LogP contribution in [0.2, 0.25) is 0 Å². The highest BCUT2D eigenvalue weighted by atomic mass is 16.6. The first-order valence-electron chi connectivity index (χ1n) is 6.71. The summed E-state index contributed by atoms with van der Waals surface area (Å²) in [5.41, 5.74) is 2.38. The number of ether oxygens (including phenoxy) is 1. The number of nitro groups is 1. The second kappa shape index (κ2) is 6.71. The van der Waals surface area contributed by atoms with Gasteiger partial charge in [0.2, 0.25) is 0 Å². The Morgan fingerprint density at radius 2 is 1.86 bits per heavy atom. The molecular weight excluding hydrogens is 284 g/mol. The van der Waals surface area contributed by atoms with Crippen LogP contribution in [0.3, 0.4) is 0 Å². The van der Waals surface area contributed by atoms with Gasteiger partial charge in [-0.2, -0.15) is 0 Å². The Balaban J connectivity index is 2.08. The van der Waals surface area contributed by atoms with Gasteiger partial charge >= 0.3 is 6.09 Å². The van der Waals surface area contributed by atoms with E-state index in [4.69, 9.17) is 4.74 Å². The summed E-state index contributed by atoms with van der Waals surface area (Å²) in [7, 11) is 0. The van der Waals surface area contributed by atoms with Gasteiger partial charge in [-0.05, 0) is 25.0 Å². The molecule has 2 aromatic rings. The average Bonchev–Trinajstić information content (AvgIpc) is 2.50. The van der Waals surface area contributed by atoms with E-state index in [1.807, 2.05) is 30.3 Å². The lowest BCUT2D eigenvalue weighted by atomic mass is 10.1. The predicted molar refractivity (Wildman–Crippen MR) is 82.8 cm³/mol. The quantitative estimate of drug-likeness (QED) is 0.684. The third-order valence-corrected chi connectivity index (χ3v) is 3.28. The highest BCUT2D eigenvalue weighted by molar-refractivity contribution is 5.87. The minimum absolute atomic E-state index is 0.0380. The van der Waals surface area contributed by atoms with Crippen LogP contribution in [0.5, 0.6) is 0 Å². The molecule has 0 atom stereocenters. The number of hydrogen-bond acceptors (Lipinski definition) is 4. The molecule has 0 saturated heterocycles. The second-order valence-corrected chi connectivity index (χ2v) is 4.85. The molecule has 0 radical (unpaired) electrons. The Labute approximate surface area is 127 Å². The Kier molecular flexibility index (Phi) is 4.73. The number of anilines is 1. The van der Waals surface area contributed by atoms with E-state index < -0.39 is 11.0 Å². The van der Waals surface area contributed by atoms with Gasteiger partial charge in [0.05, 0.1) is 16.2 Å². The highest BCUT2D eigenvalue weighted by Gasteiger charge is 2.17. The maximum atomic E-state index is 11.9. The molecule has 0 saturated carbocycles. The van der Waals surface area contributed by atoms with Gasteiger partial charge in [0.25, 0.3) is 5.69 Å². The monoisotopic (exact) mass is 300 g/mol. The van der Waals surface area contributed by atoms with E-state index in [1.165, 1.54) is 6.07 Å². The zero-order valence-corrected chi connectivity index (χ0v) is 12.3. The van der Waals surface area contributed by atoms with Gasteiger partial charge in [-0.15, -0.1) is 0 Å². The number of nitro benzene ring substituents is 1. The van der Waals surface area contributed by atoms with Crippen molar-refractivity contribution in [1.29, 1.82) is 0 Å². The fourth-order valence-corrected chi connectivity index (χ4v) is 2.09. The van der Waals surface area contributed by atoms with Crippen molar-refractivity contribution in [3.63, 3.8) is 0 Å². The van der Waals surface area contributed by atoms with E-state index in [0.717, 1.165) is 11.1 Å². The average molecular weight is 300 g/mol. The van der Waals surface area contributed by atoms with Crippen LogP contribution < -0.4 is 5.32 Å². The first-order chi connectivity index (χ1) is 10.5. The fraction of sp³-hybridized carbons (Fsp3) is 0.188. The molecule has 0 aliphatic rings. The SMILES string of the molecule is Cc1ccc([N+](=O)[O-])c(C)c1NC(=O)OCc1ccccc1. The smallest absolute Gasteiger partial charge is 0.411 e. The summed E-state index contributed by atoms with van der Waals surface area (Å²) in [4.78, 5) is 22.3. The summed E-state index contributed by atoms with van der Waals surface area (Å²) in [6.45, 7) is 3.50. The van der Waals surface area contributed by atoms with Gasteiger partial charge in [0, 0.05) is 6.07 Å². The normalized spacial score (nSPS) is 10.1. The zero-order chi connectivity index (χ0) is 16.1. The van der Waals surface area contributed by atoms with Crippen LogP contribution >= 0.6 is 0 Å². The molecule has 2 aromatic carbocycles. The first-order valence-corrected chi connectivity index (χ1v) is 6.71. The van der Waals surface area contributed by atoms with E-state index >= 15 is 0 Å². The summed E-state index contributed by atoms with van der Waals surface area (Å²) in [5.74, 6) is 0. The van der Waals surface area contributed by atoms with Crippen molar-refractivity contribution in [3.05, 3.63) is 69.3 Å². The number of benzene rings is 2. The summed E-state index contributed by atoms with van der Waals surface area (Å²) >= 11 is 0. The number of rotatable bonds is 4. The number of carbonyl (C=O) groups is 1. The minimum Gasteiger partial charge on any atom is -0.444 e. The van der Waals surface area contributed by atoms with E-state index in [9.17, 15) is 14.9 Å². The largest absolute Gasteiger partial charge is 0.444 e. The molecule has 0 spiro atoms. The Morgan fingerprint density at radius 1 is 1.18 bits per heavy atom. The van der Waals surface area contributed by atoms with Gasteiger partial charge in [-0.25, -0.2) is 4.79 Å². The molecule has 114 valence electrons. The van der Waals surface area contributed by atoms with Crippen molar-refractivity contribution in [2.75, 3.05) is 5.32 Å². The number of aryl methyl sites for hydroxylation is 1. The third kappa shape index (κ3) is 3.60. The first kappa shape index (κ1) is 15.5. The molecule has 0 aliphatic carbocycles. The lowest BCUT2D eigenvalue weighted by molar-refractivity contribution is -0.385. The van der Waals surface area contributed by atoms with Gasteiger partial charge in [0.15, 0.2) is 0 Å². The highest BCUT2D eigenvalue weighted by Crippen LogP contribution is 2.28. The molecule has 6 nitrogen and oxygen atoms in total. The topological polar surface area (TPSA) is 81.5 Å². The molecular formula is C16H16N2O4. The molecule has 1 amide bonds. The Hall–Kier alpha value is -2.89. The predicted octanol–water partition coefficient (Wildman–Crippen LogP) is 3.96. The van der Waals surface area contributed by atoms with E-state index in [1.54, 1.807) is 19.9 Å². The van der Waals surface area contributed by atoms with E-state index in [2.05, 4.69) is 5.32 Å². The second-order valence-electron chi connectivity index (χ2n) is 4.85. The van der Waals surface area contributed by atoms with Crippen molar-refractivity contribution in [2.24, 2.45) is 0 Å². The van der Waals surface area contributed by atoms with Crippen LogP contribution in [0, 0.1) is 24.0 Å². The van der Waals surface area contributed by atoms with Gasteiger partial charge in [0.1, 0.15) is 6.61 Å². The molecule has 0 bridgehead atoms. The maximum Gasteiger partial charge on any atom is 0.411 e. The molecule has 1 N–H and O–H groups in total. The van der Waals surface area contributed by atoms with Crippen LogP contribution in [0.1, 0.15) is 16.7 Å². The molecule has 0 fully saturated rings. The van der Waals surface area contributed by atoms with Crippen molar-refractivity contribution in [3.8, 4) is 0 Å². The fourth-order valence-electron chi connectivity index (χ4n) is 2.09. The molecule has 6 heteroatoms. The third-order valence-electron chi connectivity index (χ3n) is 3.28.